The molecule has 0 amide bonds. The lowest BCUT2D eigenvalue weighted by Crippen LogP contribution is -2.37. The first-order valence-electron chi connectivity index (χ1n) is 17.9. The quantitative estimate of drug-likeness (QED) is 0.174. The van der Waals surface area contributed by atoms with E-state index in [-0.39, 0.29) is 0 Å². The zero-order chi connectivity index (χ0) is 32.4. The molecule has 0 aromatic heterocycles. The minimum Gasteiger partial charge on any atom is -0.378 e. The van der Waals surface area contributed by atoms with Crippen LogP contribution in [0.25, 0.3) is 11.1 Å². The highest BCUT2D eigenvalue weighted by atomic mass is 32.2. The van der Waals surface area contributed by atoms with Crippen molar-refractivity contribution >= 4 is 29.8 Å². The van der Waals surface area contributed by atoms with Gasteiger partial charge in [0.05, 0.1) is 0 Å². The average molecular weight is 670 g/mol. The van der Waals surface area contributed by atoms with Gasteiger partial charge in [0.25, 0.3) is 0 Å². The van der Waals surface area contributed by atoms with E-state index in [1.165, 1.54) is 103 Å². The molecule has 0 unspecified atom stereocenters. The summed E-state index contributed by atoms with van der Waals surface area (Å²) in [5.74, 6) is 0.887. The van der Waals surface area contributed by atoms with Gasteiger partial charge in [-0.3, -0.25) is 0 Å². The van der Waals surface area contributed by atoms with E-state index in [0.717, 1.165) is 51.6 Å². The molecule has 0 atom stereocenters. The van der Waals surface area contributed by atoms with Crippen LogP contribution in [0.2, 0.25) is 0 Å². The second kappa shape index (κ2) is 17.4. The van der Waals surface area contributed by atoms with E-state index in [1.807, 2.05) is 24.1 Å². The molecule has 1 saturated heterocycles. The Morgan fingerprint density at radius 3 is 2.13 bits per heavy atom. The highest BCUT2D eigenvalue weighted by Gasteiger charge is 2.23. The topological polar surface area (TPSA) is 16.2 Å². The summed E-state index contributed by atoms with van der Waals surface area (Å²) >= 11 is 3.87. The van der Waals surface area contributed by atoms with Gasteiger partial charge in [0.2, 0.25) is 0 Å². The molecule has 5 nitrogen and oxygen atoms in total. The van der Waals surface area contributed by atoms with E-state index >= 15 is 0 Å². The Morgan fingerprint density at radius 2 is 1.38 bits per heavy atom. The van der Waals surface area contributed by atoms with Gasteiger partial charge in [-0.25, -0.2) is 12.9 Å². The van der Waals surface area contributed by atoms with E-state index in [0.29, 0.717) is 0 Å². The van der Waals surface area contributed by atoms with Gasteiger partial charge in [0, 0.05) is 82.6 Å². The van der Waals surface area contributed by atoms with E-state index < -0.39 is 0 Å². The van der Waals surface area contributed by atoms with Crippen LogP contribution < -0.4 is 4.90 Å². The van der Waals surface area contributed by atoms with Gasteiger partial charge in [0.1, 0.15) is 0 Å². The summed E-state index contributed by atoms with van der Waals surface area (Å²) in [4.78, 5) is 6.29. The SMILES string of the molecule is C=C1CN(Sc2ccc(N(C)C)cc2)CCCN(CC2CCCCC2)CCCN(SN2CCc3cc(-c4ccccc4)ccc3C2)C1. The third-order valence-electron chi connectivity index (χ3n) is 9.91. The Kier molecular flexibility index (Phi) is 12.8. The van der Waals surface area contributed by atoms with Gasteiger partial charge in [-0.05, 0) is 115 Å². The number of benzene rings is 3. The lowest BCUT2D eigenvalue weighted by atomic mass is 9.89. The van der Waals surface area contributed by atoms with Crippen LogP contribution in [0.4, 0.5) is 5.69 Å². The van der Waals surface area contributed by atoms with Crippen molar-refractivity contribution in [2.24, 2.45) is 5.92 Å². The molecule has 3 aliphatic rings. The summed E-state index contributed by atoms with van der Waals surface area (Å²) < 4.78 is 7.76. The summed E-state index contributed by atoms with van der Waals surface area (Å²) in [6.45, 7) is 14.4. The summed E-state index contributed by atoms with van der Waals surface area (Å²) in [5, 5.41) is 0. The predicted molar refractivity (Wildman–Crippen MR) is 205 cm³/mol. The lowest BCUT2D eigenvalue weighted by Gasteiger charge is -2.35. The maximum atomic E-state index is 4.64. The van der Waals surface area contributed by atoms with Crippen LogP contribution in [0.5, 0.6) is 0 Å². The Hall–Kier alpha value is -2.26. The first kappa shape index (κ1) is 34.6. The number of fused-ring (bicyclic) bond motifs is 1. The molecule has 3 aromatic rings. The van der Waals surface area contributed by atoms with Crippen molar-refractivity contribution in [2.45, 2.75) is 62.8 Å². The van der Waals surface area contributed by atoms with Gasteiger partial charge in [0.15, 0.2) is 0 Å². The lowest BCUT2D eigenvalue weighted by molar-refractivity contribution is 0.189. The van der Waals surface area contributed by atoms with Gasteiger partial charge < -0.3 is 9.80 Å². The zero-order valence-electron chi connectivity index (χ0n) is 28.8. The average Bonchev–Trinajstić information content (AvgIpc) is 3.08. The zero-order valence-corrected chi connectivity index (χ0v) is 30.4. The molecule has 2 aliphatic heterocycles. The van der Waals surface area contributed by atoms with Crippen molar-refractivity contribution in [3.8, 4) is 11.1 Å². The van der Waals surface area contributed by atoms with Crippen LogP contribution >= 0.6 is 24.1 Å². The van der Waals surface area contributed by atoms with Crippen molar-refractivity contribution in [2.75, 3.05) is 71.4 Å². The Labute approximate surface area is 293 Å². The highest BCUT2D eigenvalue weighted by Crippen LogP contribution is 2.32. The minimum atomic E-state index is 0.887. The van der Waals surface area contributed by atoms with Crippen LogP contribution in [-0.4, -0.2) is 84.3 Å². The second-order valence-corrected chi connectivity index (χ2v) is 16.4. The molecule has 7 heteroatoms. The van der Waals surface area contributed by atoms with Gasteiger partial charge in [-0.1, -0.05) is 74.4 Å². The number of hydrogen-bond acceptors (Lipinski definition) is 7. The molecule has 0 radical (unpaired) electrons. The fourth-order valence-electron chi connectivity index (χ4n) is 7.35. The van der Waals surface area contributed by atoms with Crippen molar-refractivity contribution < 1.29 is 0 Å². The fraction of sp³-hybridized carbons (Fsp3) is 0.500. The smallest absolute Gasteiger partial charge is 0.0361 e. The third-order valence-corrected chi connectivity index (χ3v) is 12.1. The highest BCUT2D eigenvalue weighted by molar-refractivity contribution is 7.97. The first-order valence-corrected chi connectivity index (χ1v) is 19.4. The molecule has 3 aromatic carbocycles. The molecule has 2 fully saturated rings. The second-order valence-electron chi connectivity index (χ2n) is 14.0. The molecule has 252 valence electrons. The van der Waals surface area contributed by atoms with Gasteiger partial charge >= 0.3 is 0 Å². The standard InChI is InChI=1S/C40H55N5S2/c1-33-29-43(46-40-20-18-39(19-21-40)41(2)3)25-10-23-42(31-34-12-6-4-7-13-34)24-11-26-44(30-33)47-45-27-22-37-28-36(16-17-38(37)32-45)35-14-8-5-9-15-35/h5,8-9,14-21,28,34H,1,4,6-7,10-13,22-27,29-32H2,2-3H3. The van der Waals surface area contributed by atoms with Crippen LogP contribution in [0.15, 0.2) is 89.8 Å². The van der Waals surface area contributed by atoms with Crippen LogP contribution in [0.3, 0.4) is 0 Å². The molecular weight excluding hydrogens is 615 g/mol. The molecule has 0 spiro atoms. The van der Waals surface area contributed by atoms with Crippen LogP contribution in [-0.2, 0) is 13.0 Å². The summed E-state index contributed by atoms with van der Waals surface area (Å²) in [6.07, 6.45) is 10.7. The van der Waals surface area contributed by atoms with E-state index in [2.05, 4.69) is 116 Å². The Bertz CT molecular complexity index is 1410. The normalized spacial score (nSPS) is 20.3. The molecule has 0 N–H and O–H groups in total. The maximum Gasteiger partial charge on any atom is 0.0361 e. The molecule has 47 heavy (non-hydrogen) atoms. The summed E-state index contributed by atoms with van der Waals surface area (Å²) in [7, 11) is 4.21. The van der Waals surface area contributed by atoms with Crippen LogP contribution in [0, 0.1) is 5.92 Å². The van der Waals surface area contributed by atoms with E-state index in [9.17, 15) is 0 Å². The van der Waals surface area contributed by atoms with Crippen molar-refractivity contribution in [3.05, 3.63) is 96.1 Å². The van der Waals surface area contributed by atoms with Crippen LogP contribution in [0.1, 0.15) is 56.1 Å². The largest absolute Gasteiger partial charge is 0.378 e. The Morgan fingerprint density at radius 1 is 0.681 bits per heavy atom. The molecule has 0 bridgehead atoms. The summed E-state index contributed by atoms with van der Waals surface area (Å²) in [5.41, 5.74) is 8.16. The number of anilines is 1. The molecule has 1 saturated carbocycles. The monoisotopic (exact) mass is 669 g/mol. The molecular formula is C40H55N5S2. The molecule has 6 rings (SSSR count). The Balaban J connectivity index is 1.12. The summed E-state index contributed by atoms with van der Waals surface area (Å²) in [6, 6.07) is 26.9. The number of hydrogen-bond donors (Lipinski definition) is 0. The third kappa shape index (κ3) is 10.4. The van der Waals surface area contributed by atoms with Crippen molar-refractivity contribution in [1.82, 2.24) is 17.8 Å². The van der Waals surface area contributed by atoms with E-state index in [1.54, 1.807) is 0 Å². The fourth-order valence-corrected chi connectivity index (χ4v) is 9.52. The predicted octanol–water partition coefficient (Wildman–Crippen LogP) is 8.88. The van der Waals surface area contributed by atoms with Crippen molar-refractivity contribution in [3.63, 3.8) is 0 Å². The van der Waals surface area contributed by atoms with Gasteiger partial charge in [-0.2, -0.15) is 0 Å². The minimum absolute atomic E-state index is 0.887. The molecule has 2 heterocycles. The number of rotatable bonds is 8. The van der Waals surface area contributed by atoms with Gasteiger partial charge in [-0.15, -0.1) is 0 Å². The van der Waals surface area contributed by atoms with E-state index in [4.69, 9.17) is 0 Å². The maximum absolute atomic E-state index is 4.64. The first-order chi connectivity index (χ1) is 23.0. The molecule has 1 aliphatic carbocycles. The number of nitrogens with zero attached hydrogens (tertiary/aromatic N) is 5. The van der Waals surface area contributed by atoms with Crippen molar-refractivity contribution in [1.29, 1.82) is 0 Å².